The number of thiol groups is 1. The molecule has 0 radical (unpaired) electrons. The lowest BCUT2D eigenvalue weighted by Gasteiger charge is -2.06. The molecule has 1 rings (SSSR count). The van der Waals surface area contributed by atoms with E-state index < -0.39 is 27.4 Å². The van der Waals surface area contributed by atoms with E-state index in [2.05, 4.69) is 17.6 Å². The van der Waals surface area contributed by atoms with E-state index in [4.69, 9.17) is 0 Å². The molecule has 0 N–H and O–H groups in total. The largest absolute Gasteiger partial charge is 0.417 e. The highest BCUT2D eigenvalue weighted by Crippen LogP contribution is 2.34. The number of nitro groups is 1. The van der Waals surface area contributed by atoms with E-state index in [9.17, 15) is 23.3 Å². The minimum Gasteiger partial charge on any atom is -0.358 e. The smallest absolute Gasteiger partial charge is 0.358 e. The number of hydrogen-bond donors (Lipinski definition) is 1. The Morgan fingerprint density at radius 2 is 2.07 bits per heavy atom. The monoisotopic (exact) mass is 224 g/mol. The molecule has 0 saturated heterocycles. The highest BCUT2D eigenvalue weighted by atomic mass is 32.1. The molecule has 0 atom stereocenters. The first-order valence-corrected chi connectivity index (χ1v) is 3.67. The van der Waals surface area contributed by atoms with Crippen LogP contribution in [0.3, 0.4) is 0 Å². The minimum atomic E-state index is -4.66. The van der Waals surface area contributed by atoms with Crippen molar-refractivity contribution in [3.8, 4) is 0 Å². The van der Waals surface area contributed by atoms with Gasteiger partial charge in [0.15, 0.2) is 6.20 Å². The molecule has 0 bridgehead atoms. The number of aromatic nitrogens is 1. The Balaban J connectivity index is 3.29. The van der Waals surface area contributed by atoms with Crippen LogP contribution in [0.1, 0.15) is 5.56 Å². The Morgan fingerprint density at radius 3 is 2.50 bits per heavy atom. The van der Waals surface area contributed by atoms with E-state index >= 15 is 0 Å². The van der Waals surface area contributed by atoms with Crippen LogP contribution in [0, 0.1) is 10.1 Å². The molecule has 0 spiro atoms. The molecule has 1 heterocycles. The molecule has 0 aliphatic rings. The Hall–Kier alpha value is -1.31. The fraction of sp³-hybridized carbons (Fsp3) is 0.167. The molecule has 0 unspecified atom stereocenters. The third kappa shape index (κ3) is 2.13. The zero-order chi connectivity index (χ0) is 10.9. The van der Waals surface area contributed by atoms with Crippen molar-refractivity contribution in [1.29, 1.82) is 0 Å². The molecule has 8 heteroatoms. The van der Waals surface area contributed by atoms with Crippen LogP contribution in [0.15, 0.2) is 17.2 Å². The van der Waals surface area contributed by atoms with Crippen molar-refractivity contribution in [2.45, 2.75) is 11.1 Å². The highest BCUT2D eigenvalue weighted by molar-refractivity contribution is 7.80. The maximum absolute atomic E-state index is 12.2. The van der Waals surface area contributed by atoms with E-state index in [1.54, 1.807) is 0 Å². The van der Waals surface area contributed by atoms with E-state index in [0.29, 0.717) is 12.3 Å². The second-order valence-corrected chi connectivity index (χ2v) is 2.80. The maximum atomic E-state index is 12.2. The van der Waals surface area contributed by atoms with E-state index in [1.807, 2.05) is 0 Å². The van der Waals surface area contributed by atoms with Crippen LogP contribution in [0.5, 0.6) is 0 Å². The molecule has 76 valence electrons. The lowest BCUT2D eigenvalue weighted by atomic mass is 10.2. The molecule has 4 nitrogen and oxygen atoms in total. The number of pyridine rings is 1. The summed E-state index contributed by atoms with van der Waals surface area (Å²) in [5, 5.41) is 10.1. The Morgan fingerprint density at radius 1 is 1.50 bits per heavy atom. The molecule has 0 aromatic carbocycles. The summed E-state index contributed by atoms with van der Waals surface area (Å²) in [5.41, 5.74) is -1.16. The lowest BCUT2D eigenvalue weighted by molar-refractivity contribution is -0.389. The van der Waals surface area contributed by atoms with Crippen LogP contribution < -0.4 is 0 Å². The minimum absolute atomic E-state index is 0.350. The molecule has 0 aliphatic carbocycles. The summed E-state index contributed by atoms with van der Waals surface area (Å²) in [4.78, 5) is 11.9. The summed E-state index contributed by atoms with van der Waals surface area (Å²) in [6.45, 7) is 0. The van der Waals surface area contributed by atoms with Gasteiger partial charge in [0.05, 0.1) is 10.5 Å². The average Bonchev–Trinajstić information content (AvgIpc) is 2.02. The van der Waals surface area contributed by atoms with Gasteiger partial charge < -0.3 is 10.1 Å². The summed E-state index contributed by atoms with van der Waals surface area (Å²) in [6, 6.07) is 0.350. The van der Waals surface area contributed by atoms with Crippen molar-refractivity contribution >= 4 is 18.4 Å². The van der Waals surface area contributed by atoms with Crippen LogP contribution in [-0.4, -0.2) is 9.91 Å². The van der Waals surface area contributed by atoms with E-state index in [-0.39, 0.29) is 0 Å². The molecule has 1 aromatic rings. The van der Waals surface area contributed by atoms with Gasteiger partial charge in [-0.1, -0.05) is 0 Å². The van der Waals surface area contributed by atoms with Crippen LogP contribution in [0.2, 0.25) is 0 Å². The number of alkyl halides is 3. The van der Waals surface area contributed by atoms with Crippen LogP contribution >= 0.6 is 12.6 Å². The van der Waals surface area contributed by atoms with Crippen molar-refractivity contribution in [2.75, 3.05) is 0 Å². The maximum Gasteiger partial charge on any atom is 0.417 e. The molecule has 0 aliphatic heterocycles. The number of hydrogen-bond acceptors (Lipinski definition) is 4. The number of halogens is 3. The van der Waals surface area contributed by atoms with Gasteiger partial charge in [0.1, 0.15) is 0 Å². The zero-order valence-electron chi connectivity index (χ0n) is 6.45. The quantitative estimate of drug-likeness (QED) is 0.452. The standard InChI is InChI=1S/C6H3F3N2O2S/c7-6(8,9)3-1-5(11(12)13)10-2-4(3)14/h1-2,14H. The fourth-order valence-corrected chi connectivity index (χ4v) is 1.01. The van der Waals surface area contributed by atoms with Gasteiger partial charge in [-0.05, 0) is 9.91 Å². The van der Waals surface area contributed by atoms with Crippen molar-refractivity contribution < 1.29 is 18.1 Å². The van der Waals surface area contributed by atoms with Gasteiger partial charge in [-0.3, -0.25) is 0 Å². The van der Waals surface area contributed by atoms with E-state index in [1.165, 1.54) is 0 Å². The summed E-state index contributed by atoms with van der Waals surface area (Å²) in [7, 11) is 0. The molecule has 0 fully saturated rings. The first-order chi connectivity index (χ1) is 6.32. The van der Waals surface area contributed by atoms with Gasteiger partial charge in [0, 0.05) is 6.07 Å². The SMILES string of the molecule is O=[N+]([O-])c1cc(C(F)(F)F)c(S)cn1. The predicted molar refractivity (Wildman–Crippen MR) is 43.1 cm³/mol. The second kappa shape index (κ2) is 3.45. The van der Waals surface area contributed by atoms with Gasteiger partial charge in [-0.25, -0.2) is 0 Å². The van der Waals surface area contributed by atoms with Crippen molar-refractivity contribution in [3.05, 3.63) is 27.9 Å². The zero-order valence-corrected chi connectivity index (χ0v) is 7.34. The third-order valence-electron chi connectivity index (χ3n) is 1.36. The normalized spacial score (nSPS) is 11.4. The van der Waals surface area contributed by atoms with Crippen molar-refractivity contribution in [3.63, 3.8) is 0 Å². The molecular weight excluding hydrogens is 221 g/mol. The van der Waals surface area contributed by atoms with Crippen LogP contribution in [0.25, 0.3) is 0 Å². The first kappa shape index (κ1) is 10.8. The Labute approximate surface area is 81.3 Å². The van der Waals surface area contributed by atoms with Crippen LogP contribution in [-0.2, 0) is 6.18 Å². The topological polar surface area (TPSA) is 56.0 Å². The van der Waals surface area contributed by atoms with Gasteiger partial charge in [0.25, 0.3) is 0 Å². The molecular formula is C6H3F3N2O2S. The molecule has 0 saturated carbocycles. The fourth-order valence-electron chi connectivity index (χ4n) is 0.764. The Kier molecular flexibility index (Phi) is 2.65. The van der Waals surface area contributed by atoms with Crippen molar-refractivity contribution in [2.24, 2.45) is 0 Å². The van der Waals surface area contributed by atoms with E-state index in [0.717, 1.165) is 0 Å². The van der Waals surface area contributed by atoms with Gasteiger partial charge >= 0.3 is 12.0 Å². The highest BCUT2D eigenvalue weighted by Gasteiger charge is 2.35. The van der Waals surface area contributed by atoms with Gasteiger partial charge in [-0.15, -0.1) is 12.6 Å². The van der Waals surface area contributed by atoms with Crippen molar-refractivity contribution in [1.82, 2.24) is 4.98 Å². The average molecular weight is 224 g/mol. The summed E-state index contributed by atoms with van der Waals surface area (Å²) < 4.78 is 36.6. The Bertz CT molecular complexity index is 380. The second-order valence-electron chi connectivity index (χ2n) is 2.31. The molecule has 14 heavy (non-hydrogen) atoms. The van der Waals surface area contributed by atoms with Crippen LogP contribution in [0.4, 0.5) is 19.0 Å². The number of nitrogens with zero attached hydrogens (tertiary/aromatic N) is 2. The third-order valence-corrected chi connectivity index (χ3v) is 1.72. The number of rotatable bonds is 1. The molecule has 1 aromatic heterocycles. The summed E-state index contributed by atoms with van der Waals surface area (Å²) >= 11 is 3.50. The lowest BCUT2D eigenvalue weighted by Crippen LogP contribution is -2.07. The summed E-state index contributed by atoms with van der Waals surface area (Å²) in [6.07, 6.45) is -3.96. The van der Waals surface area contributed by atoms with Gasteiger partial charge in [-0.2, -0.15) is 13.2 Å². The first-order valence-electron chi connectivity index (χ1n) is 3.23. The summed E-state index contributed by atoms with van der Waals surface area (Å²) in [5.74, 6) is -0.852. The van der Waals surface area contributed by atoms with Gasteiger partial charge in [0.2, 0.25) is 0 Å². The predicted octanol–water partition coefficient (Wildman–Crippen LogP) is 2.30. The molecule has 0 amide bonds.